The third-order valence-electron chi connectivity index (χ3n) is 14.1. The maximum absolute atomic E-state index is 6.27. The van der Waals surface area contributed by atoms with E-state index in [2.05, 4.69) is 219 Å². The van der Waals surface area contributed by atoms with Crippen molar-refractivity contribution < 1.29 is 28.4 Å². The Hall–Kier alpha value is -8.12. The molecule has 0 atom stereocenters. The van der Waals surface area contributed by atoms with Crippen molar-refractivity contribution in [3.63, 3.8) is 0 Å². The van der Waals surface area contributed by atoms with Crippen LogP contribution in [-0.2, 0) is 45.4 Å². The minimum absolute atomic E-state index is 0.267. The van der Waals surface area contributed by atoms with Crippen molar-refractivity contribution in [3.05, 3.63) is 178 Å². The van der Waals surface area contributed by atoms with Crippen molar-refractivity contribution in [2.24, 2.45) is 0 Å². The second-order valence-electron chi connectivity index (χ2n) is 20.5. The molecule has 1 heterocycles. The van der Waals surface area contributed by atoms with Crippen LogP contribution in [0.3, 0.4) is 0 Å². The van der Waals surface area contributed by atoms with Gasteiger partial charge in [0.2, 0.25) is 0 Å². The first-order valence-electron chi connectivity index (χ1n) is 26.8. The number of fused-ring (bicyclic) bond motifs is 4. The van der Waals surface area contributed by atoms with Crippen LogP contribution in [0.1, 0.15) is 57.3 Å². The molecule has 0 radical (unpaired) electrons. The molecule has 8 nitrogen and oxygen atoms in total. The van der Waals surface area contributed by atoms with Crippen LogP contribution in [0.4, 0.5) is 0 Å². The molecule has 8 heteroatoms. The van der Waals surface area contributed by atoms with Gasteiger partial charge in [0.25, 0.3) is 0 Å². The number of nitrogens with zero attached hydrogens (tertiary/aromatic N) is 2. The molecule has 1 aliphatic heterocycles. The fourth-order valence-electron chi connectivity index (χ4n) is 10.5. The average Bonchev–Trinajstić information content (AvgIpc) is 3.63. The highest BCUT2D eigenvalue weighted by Crippen LogP contribution is 2.39. The Bertz CT molecular complexity index is 3550. The molecule has 10 aromatic carbocycles. The normalized spacial score (nSPS) is 13.8. The molecule has 11 rings (SSSR count). The smallest absolute Gasteiger partial charge is 0.120 e. The minimum Gasteiger partial charge on any atom is -0.494 e. The van der Waals surface area contributed by atoms with Crippen LogP contribution in [0.25, 0.3) is 64.6 Å². The van der Waals surface area contributed by atoms with E-state index in [0.717, 1.165) is 125 Å². The molecule has 0 amide bonds. The molecule has 0 fully saturated rings. The summed E-state index contributed by atoms with van der Waals surface area (Å²) in [6.45, 7) is 5.68. The Morgan fingerprint density at radius 1 is 0.359 bits per heavy atom. The first-order valence-corrected chi connectivity index (χ1v) is 26.8. The molecule has 0 unspecified atom stereocenters. The first kappa shape index (κ1) is 52.0. The lowest BCUT2D eigenvalue weighted by Gasteiger charge is -2.13. The Morgan fingerprint density at radius 3 is 0.897 bits per heavy atom. The fourth-order valence-corrected chi connectivity index (χ4v) is 10.5. The summed E-state index contributed by atoms with van der Waals surface area (Å²) in [5.41, 5.74) is 7.80. The van der Waals surface area contributed by atoms with E-state index in [0.29, 0.717) is 39.6 Å². The number of ether oxygens (including phenoxy) is 6. The summed E-state index contributed by atoms with van der Waals surface area (Å²) >= 11 is 0. The molecule has 78 heavy (non-hydrogen) atoms. The third-order valence-corrected chi connectivity index (χ3v) is 14.1. The summed E-state index contributed by atoms with van der Waals surface area (Å²) in [5, 5.41) is 13.8. The Kier molecular flexibility index (Phi) is 16.3. The van der Waals surface area contributed by atoms with E-state index in [9.17, 15) is 0 Å². The van der Waals surface area contributed by atoms with Crippen LogP contribution in [-0.4, -0.2) is 90.7 Å². The zero-order chi connectivity index (χ0) is 53.2. The molecule has 0 spiro atoms. The van der Waals surface area contributed by atoms with Gasteiger partial charge in [-0.15, -0.1) is 0 Å². The van der Waals surface area contributed by atoms with Crippen LogP contribution in [0.2, 0.25) is 0 Å². The van der Waals surface area contributed by atoms with E-state index in [1.54, 1.807) is 0 Å². The van der Waals surface area contributed by atoms with Crippen molar-refractivity contribution in [2.45, 2.75) is 39.3 Å². The molecular formula is C70H62N2O6. The van der Waals surface area contributed by atoms with Crippen molar-refractivity contribution in [1.29, 1.82) is 0 Å². The molecular weight excluding hydrogens is 965 g/mol. The van der Waals surface area contributed by atoms with Crippen LogP contribution in [0.5, 0.6) is 11.5 Å². The van der Waals surface area contributed by atoms with Gasteiger partial charge in [-0.05, 0) is 176 Å². The van der Waals surface area contributed by atoms with Gasteiger partial charge in [0.15, 0.2) is 0 Å². The number of hydrogen-bond donors (Lipinski definition) is 0. The topological polar surface area (TPSA) is 61.9 Å². The van der Waals surface area contributed by atoms with Gasteiger partial charge < -0.3 is 38.2 Å². The molecule has 0 aromatic heterocycles. The summed E-state index contributed by atoms with van der Waals surface area (Å²) in [5.74, 6) is 28.6. The lowest BCUT2D eigenvalue weighted by atomic mass is 9.90. The zero-order valence-corrected chi connectivity index (χ0v) is 44.9. The van der Waals surface area contributed by atoms with Crippen LogP contribution >= 0.6 is 0 Å². The van der Waals surface area contributed by atoms with E-state index in [-0.39, 0.29) is 26.4 Å². The molecule has 0 saturated carbocycles. The molecule has 10 aromatic rings. The quantitative estimate of drug-likeness (QED) is 0.0763. The Morgan fingerprint density at radius 2 is 0.628 bits per heavy atom. The zero-order valence-electron chi connectivity index (χ0n) is 44.9. The molecule has 0 aliphatic carbocycles. The average molecular weight is 1030 g/mol. The van der Waals surface area contributed by atoms with Crippen molar-refractivity contribution >= 4 is 64.6 Å². The van der Waals surface area contributed by atoms with Crippen LogP contribution in [0.15, 0.2) is 133 Å². The summed E-state index contributed by atoms with van der Waals surface area (Å²) in [4.78, 5) is 4.33. The number of hydrogen-bond acceptors (Lipinski definition) is 8. The van der Waals surface area contributed by atoms with E-state index in [4.69, 9.17) is 28.4 Å². The molecule has 388 valence electrons. The predicted molar refractivity (Wildman–Crippen MR) is 317 cm³/mol. The maximum Gasteiger partial charge on any atom is 0.120 e. The third kappa shape index (κ3) is 12.2. The van der Waals surface area contributed by atoms with E-state index >= 15 is 0 Å². The van der Waals surface area contributed by atoms with E-state index < -0.39 is 0 Å². The summed E-state index contributed by atoms with van der Waals surface area (Å²) < 4.78 is 37.4. The van der Waals surface area contributed by atoms with Crippen molar-refractivity contribution in [3.8, 4) is 58.9 Å². The van der Waals surface area contributed by atoms with Gasteiger partial charge in [-0.25, -0.2) is 0 Å². The minimum atomic E-state index is 0.267. The van der Waals surface area contributed by atoms with Gasteiger partial charge in [-0.1, -0.05) is 132 Å². The molecule has 0 N–H and O–H groups in total. The first-order chi connectivity index (χ1) is 38.3. The lowest BCUT2D eigenvalue weighted by molar-refractivity contribution is 0.148. The highest BCUT2D eigenvalue weighted by molar-refractivity contribution is 6.26. The van der Waals surface area contributed by atoms with Crippen molar-refractivity contribution in [2.75, 3.05) is 80.9 Å². The van der Waals surface area contributed by atoms with Gasteiger partial charge in [0.05, 0.1) is 39.6 Å². The summed E-state index contributed by atoms with van der Waals surface area (Å²) in [6.07, 6.45) is 1.83. The SMILES string of the molecule is CN(C)CCCOc1cc2cc(c1)COCC#Cc1ccc3ccc4c(ccc5ccc1c3c54)C#CCOCc1cc(cc(OCCCN(C)C)c1)COCC#Cc1ccc3ccc4c(ccc5ccc1c3c54)C#CCOC2. The second-order valence-corrected chi connectivity index (χ2v) is 20.5. The monoisotopic (exact) mass is 1030 g/mol. The lowest BCUT2D eigenvalue weighted by Crippen LogP contribution is -2.15. The van der Waals surface area contributed by atoms with Gasteiger partial charge in [0.1, 0.15) is 37.9 Å². The Balaban J connectivity index is 0.891. The van der Waals surface area contributed by atoms with Gasteiger partial charge >= 0.3 is 0 Å². The largest absolute Gasteiger partial charge is 0.494 e. The number of rotatable bonds is 10. The highest BCUT2D eigenvalue weighted by atomic mass is 16.5. The van der Waals surface area contributed by atoms with E-state index in [1.807, 2.05) is 0 Å². The molecule has 1 aliphatic rings. The molecule has 16 bridgehead atoms. The van der Waals surface area contributed by atoms with Crippen molar-refractivity contribution in [1.82, 2.24) is 9.80 Å². The predicted octanol–water partition coefficient (Wildman–Crippen LogP) is 12.7. The van der Waals surface area contributed by atoms with Crippen LogP contribution < -0.4 is 9.47 Å². The second kappa shape index (κ2) is 24.5. The fraction of sp³-hybridized carbons (Fsp3) is 0.257. The van der Waals surface area contributed by atoms with Gasteiger partial charge in [-0.2, -0.15) is 0 Å². The maximum atomic E-state index is 6.27. The van der Waals surface area contributed by atoms with Gasteiger partial charge in [-0.3, -0.25) is 0 Å². The van der Waals surface area contributed by atoms with Gasteiger partial charge in [0, 0.05) is 35.3 Å². The highest BCUT2D eigenvalue weighted by Gasteiger charge is 2.15. The summed E-state index contributed by atoms with van der Waals surface area (Å²) in [7, 11) is 8.30. The number of benzene rings is 10. The Labute approximate surface area is 457 Å². The van der Waals surface area contributed by atoms with Crippen LogP contribution in [0, 0.1) is 47.4 Å². The standard InChI is InChI=1S/C70H62N2O6/c1-71(2)31-9-37-77-61-41-49-39-50(42-61)46-74-34-6-12-54-16-20-58-26-30-66-56(18-22-60-24-28-64(54)68(58)70(60)66)14-8-36-76-48-52-40-51(43-62(44-52)78-38-10-32-72(3)4)47-75-35-7-13-55-17-21-59-23-27-63-53(11-5-33-73-45-49)15-19-57-25-29-65(55)69(59)67(57)63/h15-30,39-44H,9-10,31-38,45-48H2,1-4H3. The van der Waals surface area contributed by atoms with E-state index in [1.165, 1.54) is 21.5 Å². The summed E-state index contributed by atoms with van der Waals surface area (Å²) in [6, 6.07) is 47.0. The molecule has 0 saturated heterocycles.